The first-order valence-electron chi connectivity index (χ1n) is 12.4. The Balaban J connectivity index is 1.85. The number of imidazole rings is 1. The van der Waals surface area contributed by atoms with E-state index in [9.17, 15) is 0 Å². The third kappa shape index (κ3) is 6.89. The second-order valence-electron chi connectivity index (χ2n) is 8.57. The van der Waals surface area contributed by atoms with Crippen LogP contribution in [0.1, 0.15) is 56.0 Å². The highest BCUT2D eigenvalue weighted by Gasteiger charge is 2.08. The Hall–Kier alpha value is -4.24. The third-order valence-corrected chi connectivity index (χ3v) is 5.55. The standard InChI is InChI=1S/C30H36N6/c1-6-8-10-23(4)34-24(5)26-13-12-22(3)25(18-26)14-15-28-21-33-30-29(11-9-17-36(28)30)35-27(19-31)20-32-16-7-2/h8-13,17-21,23,34-35H,5-7,16,31H2,1-4H3/b10-8-,27-19?,32-20?. The number of aromatic nitrogens is 2. The maximum atomic E-state index is 5.78. The zero-order valence-electron chi connectivity index (χ0n) is 21.7. The Bertz CT molecular complexity index is 1350. The molecule has 1 atom stereocenters. The molecule has 1 aromatic carbocycles. The maximum Gasteiger partial charge on any atom is 0.161 e. The number of hydrogen-bond donors (Lipinski definition) is 3. The highest BCUT2D eigenvalue weighted by atomic mass is 15.0. The van der Waals surface area contributed by atoms with Gasteiger partial charge in [0.05, 0.1) is 17.6 Å². The normalized spacial score (nSPS) is 12.6. The Morgan fingerprint density at radius 1 is 1.28 bits per heavy atom. The van der Waals surface area contributed by atoms with Gasteiger partial charge in [0.2, 0.25) is 0 Å². The molecular weight excluding hydrogens is 444 g/mol. The van der Waals surface area contributed by atoms with Crippen LogP contribution in [0.15, 0.2) is 78.3 Å². The van der Waals surface area contributed by atoms with Gasteiger partial charge in [0.15, 0.2) is 5.65 Å². The van der Waals surface area contributed by atoms with Crippen LogP contribution in [0.5, 0.6) is 0 Å². The molecule has 0 aliphatic heterocycles. The number of hydrogen-bond acceptors (Lipinski definition) is 5. The lowest BCUT2D eigenvalue weighted by Gasteiger charge is -2.15. The number of allylic oxidation sites excluding steroid dienone is 2. The number of pyridine rings is 1. The van der Waals surface area contributed by atoms with Crippen molar-refractivity contribution in [2.45, 2.75) is 46.6 Å². The largest absolute Gasteiger partial charge is 0.403 e. The highest BCUT2D eigenvalue weighted by molar-refractivity contribution is 5.85. The molecule has 0 fully saturated rings. The number of aliphatic imine (C=N–C) groups is 1. The topological polar surface area (TPSA) is 79.7 Å². The van der Waals surface area contributed by atoms with Crippen molar-refractivity contribution in [1.82, 2.24) is 14.7 Å². The fraction of sp³-hybridized carbons (Fsp3) is 0.267. The minimum Gasteiger partial charge on any atom is -0.403 e. The van der Waals surface area contributed by atoms with Crippen molar-refractivity contribution < 1.29 is 0 Å². The summed E-state index contributed by atoms with van der Waals surface area (Å²) in [6, 6.07) is 10.4. The van der Waals surface area contributed by atoms with Crippen molar-refractivity contribution in [2.24, 2.45) is 10.7 Å². The molecule has 36 heavy (non-hydrogen) atoms. The predicted octanol–water partition coefficient (Wildman–Crippen LogP) is 5.65. The van der Waals surface area contributed by atoms with Crippen LogP contribution < -0.4 is 16.4 Å². The van der Waals surface area contributed by atoms with Crippen LogP contribution in [-0.4, -0.2) is 28.2 Å². The zero-order chi connectivity index (χ0) is 25.9. The zero-order valence-corrected chi connectivity index (χ0v) is 21.7. The summed E-state index contributed by atoms with van der Waals surface area (Å²) in [6.45, 7) is 13.4. The van der Waals surface area contributed by atoms with Gasteiger partial charge in [0.1, 0.15) is 5.69 Å². The molecule has 3 rings (SSSR count). The fourth-order valence-electron chi connectivity index (χ4n) is 3.59. The van der Waals surface area contributed by atoms with E-state index in [1.54, 1.807) is 12.4 Å². The number of nitrogens with one attached hydrogen (secondary N) is 2. The van der Waals surface area contributed by atoms with Gasteiger partial charge in [-0.25, -0.2) is 4.98 Å². The molecular formula is C30H36N6. The van der Waals surface area contributed by atoms with Crippen molar-refractivity contribution in [3.8, 4) is 11.8 Å². The maximum absolute atomic E-state index is 5.78. The molecule has 2 heterocycles. The lowest BCUT2D eigenvalue weighted by atomic mass is 10.0. The van der Waals surface area contributed by atoms with Crippen molar-refractivity contribution in [3.05, 3.63) is 95.7 Å². The van der Waals surface area contributed by atoms with E-state index in [1.807, 2.05) is 22.7 Å². The Morgan fingerprint density at radius 2 is 2.11 bits per heavy atom. The van der Waals surface area contributed by atoms with Gasteiger partial charge in [-0.05, 0) is 61.9 Å². The lowest BCUT2D eigenvalue weighted by Crippen LogP contribution is -2.21. The molecule has 0 aliphatic carbocycles. The molecule has 0 saturated heterocycles. The van der Waals surface area contributed by atoms with E-state index >= 15 is 0 Å². The van der Waals surface area contributed by atoms with Crippen LogP contribution in [0.2, 0.25) is 0 Å². The first-order valence-corrected chi connectivity index (χ1v) is 12.4. The average molecular weight is 481 g/mol. The molecule has 0 spiro atoms. The molecule has 6 heteroatoms. The molecule has 0 amide bonds. The molecule has 0 bridgehead atoms. The number of rotatable bonds is 10. The monoisotopic (exact) mass is 480 g/mol. The van der Waals surface area contributed by atoms with Gasteiger partial charge in [-0.15, -0.1) is 0 Å². The van der Waals surface area contributed by atoms with Gasteiger partial charge < -0.3 is 16.4 Å². The molecule has 3 aromatic rings. The molecule has 1 unspecified atom stereocenters. The van der Waals surface area contributed by atoms with Crippen LogP contribution in [-0.2, 0) is 0 Å². The molecule has 4 N–H and O–H groups in total. The van der Waals surface area contributed by atoms with E-state index in [4.69, 9.17) is 5.73 Å². The molecule has 0 aliphatic rings. The van der Waals surface area contributed by atoms with Crippen LogP contribution in [0, 0.1) is 18.8 Å². The summed E-state index contributed by atoms with van der Waals surface area (Å²) >= 11 is 0. The second kappa shape index (κ2) is 13.0. The number of fused-ring (bicyclic) bond motifs is 1. The number of nitrogens with two attached hydrogens (primary N) is 1. The van der Waals surface area contributed by atoms with Crippen molar-refractivity contribution in [1.29, 1.82) is 0 Å². The number of nitrogens with zero attached hydrogens (tertiary/aromatic N) is 3. The van der Waals surface area contributed by atoms with Crippen LogP contribution in [0.25, 0.3) is 11.3 Å². The van der Waals surface area contributed by atoms with Gasteiger partial charge in [-0.3, -0.25) is 9.39 Å². The summed E-state index contributed by atoms with van der Waals surface area (Å²) in [5.74, 6) is 6.62. The Morgan fingerprint density at radius 3 is 2.86 bits per heavy atom. The third-order valence-electron chi connectivity index (χ3n) is 5.55. The summed E-state index contributed by atoms with van der Waals surface area (Å²) in [7, 11) is 0. The Labute approximate surface area is 214 Å². The van der Waals surface area contributed by atoms with Gasteiger partial charge in [-0.2, -0.15) is 0 Å². The molecule has 186 valence electrons. The number of benzene rings is 1. The average Bonchev–Trinajstić information content (AvgIpc) is 3.30. The first kappa shape index (κ1) is 26.4. The summed E-state index contributed by atoms with van der Waals surface area (Å²) < 4.78 is 1.97. The van der Waals surface area contributed by atoms with Crippen LogP contribution in [0.3, 0.4) is 0 Å². The summed E-state index contributed by atoms with van der Waals surface area (Å²) in [5.41, 5.74) is 12.9. The summed E-state index contributed by atoms with van der Waals surface area (Å²) in [6.07, 6.45) is 13.3. The number of anilines is 1. The second-order valence-corrected chi connectivity index (χ2v) is 8.57. The van der Waals surface area contributed by atoms with E-state index in [2.05, 4.69) is 97.1 Å². The van der Waals surface area contributed by atoms with Gasteiger partial charge in [0, 0.05) is 42.5 Å². The van der Waals surface area contributed by atoms with Gasteiger partial charge in [-0.1, -0.05) is 50.6 Å². The number of aryl methyl sites for hydroxylation is 1. The van der Waals surface area contributed by atoms with Crippen LogP contribution >= 0.6 is 0 Å². The van der Waals surface area contributed by atoms with Gasteiger partial charge >= 0.3 is 0 Å². The smallest absolute Gasteiger partial charge is 0.161 e. The predicted molar refractivity (Wildman–Crippen MR) is 153 cm³/mol. The summed E-state index contributed by atoms with van der Waals surface area (Å²) in [4.78, 5) is 8.96. The van der Waals surface area contributed by atoms with Crippen molar-refractivity contribution in [3.63, 3.8) is 0 Å². The van der Waals surface area contributed by atoms with Crippen molar-refractivity contribution >= 4 is 23.2 Å². The van der Waals surface area contributed by atoms with Gasteiger partial charge in [0.25, 0.3) is 0 Å². The first-order chi connectivity index (χ1) is 17.5. The minimum atomic E-state index is 0.210. The SMILES string of the molecule is C=C(NC(C)/C=C\CC)c1ccc(C)c(C#Cc2cnc3c(NC(C=NCCC)=CN)cccn23)c1. The van der Waals surface area contributed by atoms with Crippen LogP contribution in [0.4, 0.5) is 5.69 Å². The molecule has 2 aromatic heterocycles. The minimum absolute atomic E-state index is 0.210. The molecule has 0 radical (unpaired) electrons. The lowest BCUT2D eigenvalue weighted by molar-refractivity contribution is 0.784. The van der Waals surface area contributed by atoms with E-state index in [0.29, 0.717) is 5.70 Å². The molecule has 0 saturated carbocycles. The van der Waals surface area contributed by atoms with E-state index in [-0.39, 0.29) is 6.04 Å². The van der Waals surface area contributed by atoms with Crippen molar-refractivity contribution in [2.75, 3.05) is 11.9 Å². The quantitative estimate of drug-likeness (QED) is 0.199. The fourth-order valence-corrected chi connectivity index (χ4v) is 3.59. The highest BCUT2D eigenvalue weighted by Crippen LogP contribution is 2.19. The van der Waals surface area contributed by atoms with E-state index in [0.717, 1.165) is 58.8 Å². The summed E-state index contributed by atoms with van der Waals surface area (Å²) in [5, 5.41) is 6.75. The van der Waals surface area contributed by atoms with E-state index < -0.39 is 0 Å². The van der Waals surface area contributed by atoms with E-state index in [1.165, 1.54) is 6.20 Å². The molecule has 6 nitrogen and oxygen atoms in total. The Kier molecular flexibility index (Phi) is 9.53.